The van der Waals surface area contributed by atoms with Crippen molar-refractivity contribution < 1.29 is 13.2 Å². The zero-order chi connectivity index (χ0) is 11.8. The quantitative estimate of drug-likeness (QED) is 0.750. The number of nitrogens with one attached hydrogen (secondary N) is 1. The third-order valence-electron chi connectivity index (χ3n) is 3.42. The highest BCUT2D eigenvalue weighted by atomic mass is 32.2. The number of rotatable bonds is 3. The van der Waals surface area contributed by atoms with E-state index in [1.807, 2.05) is 0 Å². The second-order valence-corrected chi connectivity index (χ2v) is 6.51. The fourth-order valence-electron chi connectivity index (χ4n) is 2.91. The monoisotopic (exact) mass is 248 g/mol. The van der Waals surface area contributed by atoms with Gasteiger partial charge in [-0.25, -0.2) is 13.1 Å². The molecule has 6 heteroatoms. The molecule has 2 heterocycles. The summed E-state index contributed by atoms with van der Waals surface area (Å²) in [5, 5.41) is 0. The largest absolute Gasteiger partial charge is 0.378 e. The summed E-state index contributed by atoms with van der Waals surface area (Å²) in [5.41, 5.74) is 0. The van der Waals surface area contributed by atoms with Crippen LogP contribution in [0.1, 0.15) is 19.8 Å². The summed E-state index contributed by atoms with van der Waals surface area (Å²) >= 11 is 0. The maximum Gasteiger partial charge on any atom is 0.208 e. The first-order chi connectivity index (χ1) is 7.49. The lowest BCUT2D eigenvalue weighted by Crippen LogP contribution is -2.60. The maximum atomic E-state index is 11.2. The van der Waals surface area contributed by atoms with Gasteiger partial charge in [-0.2, -0.15) is 0 Å². The number of fused-ring (bicyclic) bond motifs is 2. The Kier molecular flexibility index (Phi) is 3.53. The predicted molar refractivity (Wildman–Crippen MR) is 61.8 cm³/mol. The van der Waals surface area contributed by atoms with Crippen LogP contribution in [-0.2, 0) is 14.8 Å². The molecule has 0 spiro atoms. The molecule has 2 fully saturated rings. The number of morpholine rings is 1. The van der Waals surface area contributed by atoms with Crippen LogP contribution in [0, 0.1) is 0 Å². The minimum atomic E-state index is -3.09. The summed E-state index contributed by atoms with van der Waals surface area (Å²) in [5.74, 6) is 0. The van der Waals surface area contributed by atoms with E-state index in [0.717, 1.165) is 32.6 Å². The Labute approximate surface area is 97.2 Å². The maximum absolute atomic E-state index is 11.2. The molecule has 94 valence electrons. The van der Waals surface area contributed by atoms with Crippen LogP contribution >= 0.6 is 0 Å². The number of piperidine rings is 1. The Morgan fingerprint density at radius 3 is 2.31 bits per heavy atom. The van der Waals surface area contributed by atoms with E-state index in [0.29, 0.717) is 12.1 Å². The van der Waals surface area contributed by atoms with Crippen LogP contribution in [0.15, 0.2) is 0 Å². The average molecular weight is 248 g/mol. The van der Waals surface area contributed by atoms with Crippen molar-refractivity contribution >= 4 is 10.0 Å². The van der Waals surface area contributed by atoms with E-state index in [1.54, 1.807) is 0 Å². The van der Waals surface area contributed by atoms with Crippen LogP contribution in [-0.4, -0.2) is 57.5 Å². The van der Waals surface area contributed by atoms with Gasteiger partial charge in [-0.3, -0.25) is 4.90 Å². The first-order valence-corrected chi connectivity index (χ1v) is 7.69. The van der Waals surface area contributed by atoms with E-state index >= 15 is 0 Å². The molecule has 2 saturated heterocycles. The highest BCUT2D eigenvalue weighted by Gasteiger charge is 2.38. The topological polar surface area (TPSA) is 58.6 Å². The third-order valence-corrected chi connectivity index (χ3v) is 4.18. The van der Waals surface area contributed by atoms with E-state index in [2.05, 4.69) is 16.5 Å². The number of nitrogens with zero attached hydrogens (tertiary/aromatic N) is 1. The number of hydrogen-bond donors (Lipinski definition) is 1. The Morgan fingerprint density at radius 1 is 1.31 bits per heavy atom. The molecule has 0 radical (unpaired) electrons. The molecule has 0 aromatic rings. The number of sulfonamides is 1. The molecule has 0 amide bonds. The van der Waals surface area contributed by atoms with Gasteiger partial charge in [-0.15, -0.1) is 0 Å². The van der Waals surface area contributed by atoms with Gasteiger partial charge in [-0.1, -0.05) is 6.92 Å². The third kappa shape index (κ3) is 2.74. The molecule has 1 N–H and O–H groups in total. The lowest BCUT2D eigenvalue weighted by atomic mass is 9.91. The van der Waals surface area contributed by atoms with Crippen molar-refractivity contribution in [3.8, 4) is 0 Å². The molecule has 2 unspecified atom stereocenters. The number of hydrogen-bond acceptors (Lipinski definition) is 4. The molecule has 2 aliphatic heterocycles. The lowest BCUT2D eigenvalue weighted by Gasteiger charge is -2.48. The summed E-state index contributed by atoms with van der Waals surface area (Å²) < 4.78 is 30.7. The van der Waals surface area contributed by atoms with E-state index in [1.165, 1.54) is 6.26 Å². The standard InChI is InChI=1S/C10H20N2O3S/c1-3-12-9-4-8(11-16(2,13)14)5-10(12)7-15-6-9/h8-11H,3-7H2,1-2H3/t8?,9-,10?/m0/s1. The molecule has 3 atom stereocenters. The molecule has 0 saturated carbocycles. The fraction of sp³-hybridized carbons (Fsp3) is 1.00. The van der Waals surface area contributed by atoms with Crippen LogP contribution < -0.4 is 4.72 Å². The molecule has 5 nitrogen and oxygen atoms in total. The van der Waals surface area contributed by atoms with E-state index in [9.17, 15) is 8.42 Å². The molecule has 16 heavy (non-hydrogen) atoms. The van der Waals surface area contributed by atoms with Gasteiger partial charge < -0.3 is 4.74 Å². The molecule has 2 bridgehead atoms. The van der Waals surface area contributed by atoms with Crippen molar-refractivity contribution in [3.05, 3.63) is 0 Å². The molecule has 2 rings (SSSR count). The van der Waals surface area contributed by atoms with Crippen LogP contribution in [0.5, 0.6) is 0 Å². The first kappa shape index (κ1) is 12.3. The van der Waals surface area contributed by atoms with Crippen molar-refractivity contribution in [2.45, 2.75) is 37.9 Å². The van der Waals surface area contributed by atoms with Crippen molar-refractivity contribution in [3.63, 3.8) is 0 Å². The van der Waals surface area contributed by atoms with Crippen molar-refractivity contribution in [2.24, 2.45) is 0 Å². The normalized spacial score (nSPS) is 36.2. The predicted octanol–water partition coefficient (Wildman–Crippen LogP) is -0.213. The van der Waals surface area contributed by atoms with Crippen molar-refractivity contribution in [2.75, 3.05) is 26.0 Å². The van der Waals surface area contributed by atoms with Crippen molar-refractivity contribution in [1.82, 2.24) is 9.62 Å². The van der Waals surface area contributed by atoms with Gasteiger partial charge in [0.15, 0.2) is 0 Å². The highest BCUT2D eigenvalue weighted by Crippen LogP contribution is 2.27. The van der Waals surface area contributed by atoms with Crippen LogP contribution in [0.2, 0.25) is 0 Å². The summed E-state index contributed by atoms with van der Waals surface area (Å²) in [4.78, 5) is 2.43. The smallest absolute Gasteiger partial charge is 0.208 e. The lowest BCUT2D eigenvalue weighted by molar-refractivity contribution is -0.0764. The zero-order valence-electron chi connectivity index (χ0n) is 9.85. The minimum absolute atomic E-state index is 0.0803. The second-order valence-electron chi connectivity index (χ2n) is 4.73. The average Bonchev–Trinajstić information content (AvgIpc) is 2.13. The van der Waals surface area contributed by atoms with Gasteiger partial charge in [0.05, 0.1) is 19.5 Å². The Bertz CT molecular complexity index is 330. The van der Waals surface area contributed by atoms with Gasteiger partial charge in [0, 0.05) is 18.1 Å². The summed E-state index contributed by atoms with van der Waals surface area (Å²) in [6.07, 6.45) is 2.94. The Hall–Kier alpha value is -0.170. The van der Waals surface area contributed by atoms with Crippen LogP contribution in [0.4, 0.5) is 0 Å². The molecule has 0 aliphatic carbocycles. The highest BCUT2D eigenvalue weighted by molar-refractivity contribution is 7.88. The molecule has 0 aromatic heterocycles. The summed E-state index contributed by atoms with van der Waals surface area (Å²) in [7, 11) is -3.09. The number of ether oxygens (including phenoxy) is 1. The minimum Gasteiger partial charge on any atom is -0.378 e. The fourth-order valence-corrected chi connectivity index (χ4v) is 3.70. The molecule has 2 aliphatic rings. The SMILES string of the molecule is CCN1C2COC[C@@H]1CC(NS(C)(=O)=O)C2. The Morgan fingerprint density at radius 2 is 1.88 bits per heavy atom. The summed E-state index contributed by atoms with van der Waals surface area (Å²) in [6, 6.07) is 0.824. The van der Waals surface area contributed by atoms with Gasteiger partial charge in [0.25, 0.3) is 0 Å². The van der Waals surface area contributed by atoms with Crippen LogP contribution in [0.3, 0.4) is 0 Å². The van der Waals surface area contributed by atoms with Gasteiger partial charge in [0.2, 0.25) is 10.0 Å². The number of likely N-dealkylation sites (N-methyl/N-ethyl adjacent to an activating group) is 1. The van der Waals surface area contributed by atoms with Crippen LogP contribution in [0.25, 0.3) is 0 Å². The van der Waals surface area contributed by atoms with Gasteiger partial charge >= 0.3 is 0 Å². The molecular formula is C10H20N2O3S. The van der Waals surface area contributed by atoms with Gasteiger partial charge in [-0.05, 0) is 19.4 Å². The molecule has 0 aromatic carbocycles. The van der Waals surface area contributed by atoms with E-state index in [4.69, 9.17) is 4.74 Å². The van der Waals surface area contributed by atoms with Crippen molar-refractivity contribution in [1.29, 1.82) is 0 Å². The first-order valence-electron chi connectivity index (χ1n) is 5.80. The second kappa shape index (κ2) is 4.60. The Balaban J connectivity index is 2.03. The van der Waals surface area contributed by atoms with E-state index < -0.39 is 10.0 Å². The summed E-state index contributed by atoms with van der Waals surface area (Å²) in [6.45, 7) is 4.62. The van der Waals surface area contributed by atoms with E-state index in [-0.39, 0.29) is 6.04 Å². The zero-order valence-corrected chi connectivity index (χ0v) is 10.7. The molecular weight excluding hydrogens is 228 g/mol. The van der Waals surface area contributed by atoms with Gasteiger partial charge in [0.1, 0.15) is 0 Å².